The zero-order chi connectivity index (χ0) is 15.5. The summed E-state index contributed by atoms with van der Waals surface area (Å²) in [5, 5.41) is 49.0. The van der Waals surface area contributed by atoms with Crippen LogP contribution in [0.2, 0.25) is 0 Å². The van der Waals surface area contributed by atoms with Gasteiger partial charge in [0.15, 0.2) is 17.9 Å². The zero-order valence-electron chi connectivity index (χ0n) is 8.59. The van der Waals surface area contributed by atoms with Gasteiger partial charge in [-0.05, 0) is 0 Å². The van der Waals surface area contributed by atoms with Crippen molar-refractivity contribution in [2.75, 3.05) is 0 Å². The molecular weight excluding hydrogens is 291 g/mol. The van der Waals surface area contributed by atoms with Gasteiger partial charge in [0, 0.05) is 0 Å². The summed E-state index contributed by atoms with van der Waals surface area (Å²) in [7, 11) is 0. The Morgan fingerprint density at radius 3 is 0.579 bits per heavy atom. The molecule has 0 unspecified atom stereocenters. The van der Waals surface area contributed by atoms with Crippen molar-refractivity contribution in [3.63, 3.8) is 0 Å². The van der Waals surface area contributed by atoms with Crippen LogP contribution in [0.3, 0.4) is 0 Å². The van der Waals surface area contributed by atoms with Gasteiger partial charge in [0.1, 0.15) is 0 Å². The molecule has 13 heteroatoms. The first-order chi connectivity index (χ1) is 7.93. The van der Waals surface area contributed by atoms with Gasteiger partial charge in [0.25, 0.3) is 0 Å². The molecule has 0 radical (unpaired) electrons. The molecule has 3 N–H and O–H groups in total. The molecule has 12 nitrogen and oxygen atoms in total. The van der Waals surface area contributed by atoms with Crippen molar-refractivity contribution in [1.82, 2.24) is 0 Å². The summed E-state index contributed by atoms with van der Waals surface area (Å²) in [5.41, 5.74) is 0. The first kappa shape index (κ1) is 25.3. The topological polar surface area (TPSA) is 232 Å². The van der Waals surface area contributed by atoms with E-state index in [1.54, 1.807) is 0 Å². The number of carboxylic acid groups (broad SMARTS) is 6. The normalized spacial score (nSPS) is 6.95. The minimum atomic E-state index is -2.07. The second-order valence-electron chi connectivity index (χ2n) is 1.78. The zero-order valence-corrected chi connectivity index (χ0v) is 9.75. The molecule has 102 valence electrons. The van der Waals surface area contributed by atoms with Crippen molar-refractivity contribution >= 4 is 53.2 Å². The molecule has 0 aromatic rings. The quantitative estimate of drug-likeness (QED) is 0.279. The van der Waals surface area contributed by atoms with Crippen LogP contribution in [-0.2, 0) is 28.8 Å². The smallest absolute Gasteiger partial charge is 0.539 e. The Morgan fingerprint density at radius 2 is 0.579 bits per heavy atom. The predicted molar refractivity (Wildman–Crippen MR) is 43.7 cm³/mol. The van der Waals surface area contributed by atoms with Crippen molar-refractivity contribution in [2.45, 2.75) is 0 Å². The van der Waals surface area contributed by atoms with Gasteiger partial charge < -0.3 is 45.0 Å². The van der Waals surface area contributed by atoms with Gasteiger partial charge in [-0.25, -0.2) is 14.4 Å². The number of carbonyl (C=O) groups excluding carboxylic acids is 3. The number of hydrogen-bond acceptors (Lipinski definition) is 9. The third kappa shape index (κ3) is 31.3. The van der Waals surface area contributed by atoms with Gasteiger partial charge in [-0.3, -0.25) is 0 Å². The van der Waals surface area contributed by atoms with Crippen LogP contribution in [0, 0.1) is 0 Å². The number of carbonyl (C=O) groups is 6. The van der Waals surface area contributed by atoms with Crippen molar-refractivity contribution in [3.05, 3.63) is 0 Å². The third-order valence-electron chi connectivity index (χ3n) is 0.524. The Bertz CT molecular complexity index is 277. The van der Waals surface area contributed by atoms with Crippen LogP contribution in [0.5, 0.6) is 0 Å². The Labute approximate surface area is 113 Å². The molecule has 0 rings (SSSR count). The Morgan fingerprint density at radius 1 is 0.526 bits per heavy atom. The van der Waals surface area contributed by atoms with Crippen molar-refractivity contribution < 1.29 is 59.4 Å². The summed E-state index contributed by atoms with van der Waals surface area (Å²) in [6, 6.07) is 0. The van der Waals surface area contributed by atoms with E-state index in [2.05, 4.69) is 0 Å². The summed E-state index contributed by atoms with van der Waals surface area (Å²) >= 11 is 0. The monoisotopic (exact) mass is 294 g/mol. The molecule has 19 heavy (non-hydrogen) atoms. The largest absolute Gasteiger partial charge is 3.00 e. The molecule has 0 heterocycles. The molecule has 0 aliphatic carbocycles. The number of aliphatic carboxylic acids is 6. The van der Waals surface area contributed by atoms with E-state index in [0.29, 0.717) is 0 Å². The molecular formula is C6H3AlO12. The minimum Gasteiger partial charge on any atom is -0.539 e. The van der Waals surface area contributed by atoms with E-state index in [1.807, 2.05) is 0 Å². The van der Waals surface area contributed by atoms with Crippen molar-refractivity contribution in [2.24, 2.45) is 0 Å². The molecule has 0 fully saturated rings. The molecule has 0 aliphatic heterocycles. The van der Waals surface area contributed by atoms with Crippen LogP contribution in [0.15, 0.2) is 0 Å². The van der Waals surface area contributed by atoms with Crippen LogP contribution in [0.25, 0.3) is 0 Å². The van der Waals surface area contributed by atoms with Gasteiger partial charge in [-0.2, -0.15) is 0 Å². The number of rotatable bonds is 0. The summed E-state index contributed by atoms with van der Waals surface area (Å²) < 4.78 is 0. The third-order valence-corrected chi connectivity index (χ3v) is 0.524. The molecule has 0 aliphatic rings. The fourth-order valence-electron chi connectivity index (χ4n) is 0. The van der Waals surface area contributed by atoms with E-state index in [4.69, 9.17) is 59.4 Å². The van der Waals surface area contributed by atoms with Crippen LogP contribution in [-0.4, -0.2) is 68.5 Å². The average molecular weight is 294 g/mol. The molecule has 0 bridgehead atoms. The molecule has 0 saturated carbocycles. The van der Waals surface area contributed by atoms with Crippen molar-refractivity contribution in [3.8, 4) is 0 Å². The maximum Gasteiger partial charge on any atom is 3.00 e. The van der Waals surface area contributed by atoms with Crippen LogP contribution < -0.4 is 15.3 Å². The van der Waals surface area contributed by atoms with Crippen LogP contribution in [0.1, 0.15) is 0 Å². The van der Waals surface area contributed by atoms with E-state index < -0.39 is 35.8 Å². The van der Waals surface area contributed by atoms with Gasteiger partial charge >= 0.3 is 35.3 Å². The summed E-state index contributed by atoms with van der Waals surface area (Å²) in [6.07, 6.45) is 0. The first-order valence-electron chi connectivity index (χ1n) is 3.26. The van der Waals surface area contributed by atoms with Gasteiger partial charge in [0.2, 0.25) is 0 Å². The standard InChI is InChI=1S/3C2H2O4.Al/c3*3-1(4)2(5)6;/h3*(H,3,4)(H,5,6);/q;;;+3/p-3. The minimum absolute atomic E-state index is 0. The Kier molecular flexibility index (Phi) is 17.8. The summed E-state index contributed by atoms with van der Waals surface area (Å²) in [6.45, 7) is 0. The van der Waals surface area contributed by atoms with E-state index in [9.17, 15) is 0 Å². The van der Waals surface area contributed by atoms with Gasteiger partial charge in [-0.1, -0.05) is 0 Å². The molecule has 0 spiro atoms. The second kappa shape index (κ2) is 13.4. The predicted octanol–water partition coefficient (Wildman–Crippen LogP) is -6.92. The molecule has 0 aromatic heterocycles. The van der Waals surface area contributed by atoms with Gasteiger partial charge in [0.05, 0.1) is 0 Å². The Hall–Kier alpha value is -2.65. The van der Waals surface area contributed by atoms with E-state index in [0.717, 1.165) is 0 Å². The fourth-order valence-corrected chi connectivity index (χ4v) is 0. The fraction of sp³-hybridized carbons (Fsp3) is 0. The summed E-state index contributed by atoms with van der Waals surface area (Å²) in [5.74, 6) is -12.0. The Balaban J connectivity index is -0.0000000865. The molecule has 0 aromatic carbocycles. The van der Waals surface area contributed by atoms with E-state index >= 15 is 0 Å². The maximum atomic E-state index is 9.04. The van der Waals surface area contributed by atoms with Gasteiger partial charge in [-0.15, -0.1) is 0 Å². The number of hydrogen-bond donors (Lipinski definition) is 3. The van der Waals surface area contributed by atoms with Crippen molar-refractivity contribution in [1.29, 1.82) is 0 Å². The van der Waals surface area contributed by atoms with Crippen LogP contribution >= 0.6 is 0 Å². The average Bonchev–Trinajstić information content (AvgIpc) is 2.18. The molecule has 0 atom stereocenters. The SMILES string of the molecule is O=C([O-])C(=O)O.O=C([O-])C(=O)O.O=C([O-])C(=O)O.[Al+3]. The maximum absolute atomic E-state index is 9.04. The van der Waals surface area contributed by atoms with E-state index in [-0.39, 0.29) is 17.4 Å². The van der Waals surface area contributed by atoms with Crippen LogP contribution in [0.4, 0.5) is 0 Å². The number of carboxylic acids is 6. The summed E-state index contributed by atoms with van der Waals surface area (Å²) in [4.78, 5) is 54.1. The molecule has 0 saturated heterocycles. The second-order valence-corrected chi connectivity index (χ2v) is 1.78. The molecule has 0 amide bonds. The first-order valence-corrected chi connectivity index (χ1v) is 3.26. The van der Waals surface area contributed by atoms with E-state index in [1.165, 1.54) is 0 Å².